The molecule has 2 aromatic rings. The number of nitrogens with one attached hydrogen (secondary N) is 1. The minimum Gasteiger partial charge on any atom is -0.314 e. The molecule has 21 heavy (non-hydrogen) atoms. The number of aryl methyl sites for hydroxylation is 2. The molecule has 1 atom stereocenters. The van der Waals surface area contributed by atoms with E-state index >= 15 is 0 Å². The van der Waals surface area contributed by atoms with Crippen molar-refractivity contribution >= 4 is 15.9 Å². The van der Waals surface area contributed by atoms with E-state index in [1.54, 1.807) is 0 Å². The Hall–Kier alpha value is -1.19. The lowest BCUT2D eigenvalue weighted by Crippen LogP contribution is -2.31. The Balaban J connectivity index is 1.95. The fourth-order valence-electron chi connectivity index (χ4n) is 2.63. The molecule has 0 aliphatic rings. The Morgan fingerprint density at radius 1 is 1.19 bits per heavy atom. The van der Waals surface area contributed by atoms with Crippen LogP contribution in [0, 0.1) is 6.92 Å². The molecule has 3 heteroatoms. The highest BCUT2D eigenvalue weighted by atomic mass is 79.9. The van der Waals surface area contributed by atoms with Crippen LogP contribution in [0.4, 0.5) is 0 Å². The summed E-state index contributed by atoms with van der Waals surface area (Å²) in [6, 6.07) is 11.4. The Bertz CT molecular complexity index is 569. The molecule has 112 valence electrons. The minimum absolute atomic E-state index is 0.492. The molecule has 2 rings (SSSR count). The Morgan fingerprint density at radius 2 is 2.05 bits per heavy atom. The zero-order valence-electron chi connectivity index (χ0n) is 12.8. The summed E-state index contributed by atoms with van der Waals surface area (Å²) in [7, 11) is 0. The van der Waals surface area contributed by atoms with E-state index in [-0.39, 0.29) is 0 Å². The van der Waals surface area contributed by atoms with Crippen LogP contribution in [0.15, 0.2) is 47.2 Å². The normalized spacial score (nSPS) is 12.3. The van der Waals surface area contributed by atoms with Crippen molar-refractivity contribution in [2.75, 3.05) is 6.54 Å². The zero-order valence-corrected chi connectivity index (χ0v) is 14.4. The first-order chi connectivity index (χ1) is 10.2. The van der Waals surface area contributed by atoms with Crippen molar-refractivity contribution in [2.45, 2.75) is 39.2 Å². The molecular formula is C18H23BrN2. The van der Waals surface area contributed by atoms with Gasteiger partial charge in [0.05, 0.1) is 0 Å². The van der Waals surface area contributed by atoms with E-state index in [1.807, 2.05) is 12.4 Å². The van der Waals surface area contributed by atoms with Gasteiger partial charge in [0.1, 0.15) is 0 Å². The van der Waals surface area contributed by atoms with E-state index in [1.165, 1.54) is 16.7 Å². The van der Waals surface area contributed by atoms with Gasteiger partial charge < -0.3 is 5.32 Å². The molecule has 2 nitrogen and oxygen atoms in total. The molecule has 1 heterocycles. The maximum atomic E-state index is 4.25. The van der Waals surface area contributed by atoms with Gasteiger partial charge in [-0.15, -0.1) is 0 Å². The molecule has 0 aliphatic carbocycles. The first-order valence-corrected chi connectivity index (χ1v) is 8.35. The van der Waals surface area contributed by atoms with Crippen molar-refractivity contribution in [3.05, 3.63) is 63.9 Å². The largest absolute Gasteiger partial charge is 0.314 e. The average Bonchev–Trinajstić information content (AvgIpc) is 2.45. The third-order valence-corrected chi connectivity index (χ3v) is 4.03. The summed E-state index contributed by atoms with van der Waals surface area (Å²) < 4.78 is 1.05. The summed E-state index contributed by atoms with van der Waals surface area (Å²) in [5, 5.41) is 3.59. The SMILES string of the molecule is CCNC(CCc1cccc(C)c1)Cc1cncc(Br)c1. The van der Waals surface area contributed by atoms with Crippen molar-refractivity contribution in [3.63, 3.8) is 0 Å². The van der Waals surface area contributed by atoms with Crippen molar-refractivity contribution in [3.8, 4) is 0 Å². The number of pyridine rings is 1. The van der Waals surface area contributed by atoms with Gasteiger partial charge in [0, 0.05) is 22.9 Å². The first kappa shape index (κ1) is 16.2. The van der Waals surface area contributed by atoms with Gasteiger partial charge in [-0.3, -0.25) is 4.98 Å². The number of hydrogen-bond acceptors (Lipinski definition) is 2. The molecule has 0 saturated carbocycles. The summed E-state index contributed by atoms with van der Waals surface area (Å²) >= 11 is 3.49. The molecule has 0 radical (unpaired) electrons. The van der Waals surface area contributed by atoms with Crippen LogP contribution in [-0.4, -0.2) is 17.6 Å². The van der Waals surface area contributed by atoms with Crippen LogP contribution in [0.1, 0.15) is 30.0 Å². The number of halogens is 1. The summed E-state index contributed by atoms with van der Waals surface area (Å²) in [4.78, 5) is 4.25. The highest BCUT2D eigenvalue weighted by molar-refractivity contribution is 9.10. The minimum atomic E-state index is 0.492. The van der Waals surface area contributed by atoms with E-state index in [4.69, 9.17) is 0 Å². The molecule has 0 spiro atoms. The van der Waals surface area contributed by atoms with Gasteiger partial charge in [-0.1, -0.05) is 36.8 Å². The molecule has 0 fully saturated rings. The standard InChI is InChI=1S/C18H23BrN2/c1-3-21-18(11-16-10-17(19)13-20-12-16)8-7-15-6-4-5-14(2)9-15/h4-6,9-10,12-13,18,21H,3,7-8,11H2,1-2H3. The number of hydrogen-bond donors (Lipinski definition) is 1. The lowest BCUT2D eigenvalue weighted by atomic mass is 9.99. The van der Waals surface area contributed by atoms with Gasteiger partial charge in [-0.05, 0) is 65.9 Å². The second-order valence-corrected chi connectivity index (χ2v) is 6.41. The van der Waals surface area contributed by atoms with Crippen molar-refractivity contribution < 1.29 is 0 Å². The lowest BCUT2D eigenvalue weighted by Gasteiger charge is -2.18. The third-order valence-electron chi connectivity index (χ3n) is 3.60. The van der Waals surface area contributed by atoms with Crippen LogP contribution in [-0.2, 0) is 12.8 Å². The smallest absolute Gasteiger partial charge is 0.0410 e. The monoisotopic (exact) mass is 346 g/mol. The quantitative estimate of drug-likeness (QED) is 0.808. The average molecular weight is 347 g/mol. The van der Waals surface area contributed by atoms with Gasteiger partial charge in [-0.25, -0.2) is 0 Å². The molecule has 0 aliphatic heterocycles. The van der Waals surface area contributed by atoms with Gasteiger partial charge in [0.25, 0.3) is 0 Å². The predicted octanol–water partition coefficient (Wildman–Crippen LogP) is 4.31. The summed E-state index contributed by atoms with van der Waals surface area (Å²) in [5.74, 6) is 0. The summed E-state index contributed by atoms with van der Waals surface area (Å²) in [6.45, 7) is 5.32. The van der Waals surface area contributed by atoms with Gasteiger partial charge >= 0.3 is 0 Å². The van der Waals surface area contributed by atoms with E-state index in [2.05, 4.69) is 70.4 Å². The summed E-state index contributed by atoms with van der Waals surface area (Å²) in [5.41, 5.74) is 4.04. The number of benzene rings is 1. The molecule has 1 aromatic heterocycles. The molecule has 0 bridgehead atoms. The van der Waals surface area contributed by atoms with E-state index in [0.717, 1.165) is 30.3 Å². The Morgan fingerprint density at radius 3 is 2.76 bits per heavy atom. The molecular weight excluding hydrogens is 324 g/mol. The van der Waals surface area contributed by atoms with Crippen LogP contribution in [0.2, 0.25) is 0 Å². The van der Waals surface area contributed by atoms with E-state index < -0.39 is 0 Å². The van der Waals surface area contributed by atoms with Crippen LogP contribution in [0.3, 0.4) is 0 Å². The van der Waals surface area contributed by atoms with Crippen molar-refractivity contribution in [2.24, 2.45) is 0 Å². The van der Waals surface area contributed by atoms with Crippen LogP contribution in [0.5, 0.6) is 0 Å². The van der Waals surface area contributed by atoms with Crippen LogP contribution >= 0.6 is 15.9 Å². The fraction of sp³-hybridized carbons (Fsp3) is 0.389. The summed E-state index contributed by atoms with van der Waals surface area (Å²) in [6.07, 6.45) is 7.07. The topological polar surface area (TPSA) is 24.9 Å². The van der Waals surface area contributed by atoms with E-state index in [0.29, 0.717) is 6.04 Å². The predicted molar refractivity (Wildman–Crippen MR) is 92.6 cm³/mol. The molecule has 1 aromatic carbocycles. The van der Waals surface area contributed by atoms with Crippen molar-refractivity contribution in [1.82, 2.24) is 10.3 Å². The van der Waals surface area contributed by atoms with Crippen LogP contribution in [0.25, 0.3) is 0 Å². The second kappa shape index (κ2) is 8.30. The second-order valence-electron chi connectivity index (χ2n) is 5.50. The van der Waals surface area contributed by atoms with Gasteiger partial charge in [-0.2, -0.15) is 0 Å². The highest BCUT2D eigenvalue weighted by Gasteiger charge is 2.09. The first-order valence-electron chi connectivity index (χ1n) is 7.55. The molecule has 1 unspecified atom stereocenters. The van der Waals surface area contributed by atoms with Crippen molar-refractivity contribution in [1.29, 1.82) is 0 Å². The lowest BCUT2D eigenvalue weighted by molar-refractivity contribution is 0.490. The van der Waals surface area contributed by atoms with E-state index in [9.17, 15) is 0 Å². The zero-order chi connectivity index (χ0) is 15.1. The number of rotatable bonds is 7. The number of likely N-dealkylation sites (N-methyl/N-ethyl adjacent to an activating group) is 1. The number of aromatic nitrogens is 1. The highest BCUT2D eigenvalue weighted by Crippen LogP contribution is 2.14. The maximum absolute atomic E-state index is 4.25. The number of nitrogens with zero attached hydrogens (tertiary/aromatic N) is 1. The Kier molecular flexibility index (Phi) is 6.40. The molecule has 0 amide bonds. The fourth-order valence-corrected chi connectivity index (χ4v) is 3.04. The third kappa shape index (κ3) is 5.60. The molecule has 1 N–H and O–H groups in total. The van der Waals surface area contributed by atoms with Gasteiger partial charge in [0.15, 0.2) is 0 Å². The van der Waals surface area contributed by atoms with Crippen LogP contribution < -0.4 is 5.32 Å². The Labute approximate surface area is 136 Å². The van der Waals surface area contributed by atoms with Gasteiger partial charge in [0.2, 0.25) is 0 Å². The molecule has 0 saturated heterocycles. The maximum Gasteiger partial charge on any atom is 0.0410 e.